The molecule has 0 aromatic heterocycles. The third kappa shape index (κ3) is 3.13. The van der Waals surface area contributed by atoms with E-state index in [9.17, 15) is 0 Å². The third-order valence-corrected chi connectivity index (χ3v) is 6.71. The van der Waals surface area contributed by atoms with Gasteiger partial charge in [-0.15, -0.1) is 0 Å². The summed E-state index contributed by atoms with van der Waals surface area (Å²) in [6.07, 6.45) is 1.00. The maximum Gasteiger partial charge on any atom is 0.0130 e. The lowest BCUT2D eigenvalue weighted by Crippen LogP contribution is -1.93. The lowest BCUT2D eigenvalue weighted by molar-refractivity contribution is 1.26. The van der Waals surface area contributed by atoms with E-state index in [2.05, 4.69) is 130 Å². The van der Waals surface area contributed by atoms with E-state index in [1.807, 2.05) is 0 Å². The molecule has 0 aliphatic heterocycles. The van der Waals surface area contributed by atoms with Gasteiger partial charge in [0.1, 0.15) is 0 Å². The molecule has 4 aromatic carbocycles. The van der Waals surface area contributed by atoms with Crippen LogP contribution in [0, 0.1) is 7.14 Å². The van der Waals surface area contributed by atoms with Crippen molar-refractivity contribution in [2.45, 2.75) is 6.42 Å². The van der Waals surface area contributed by atoms with Gasteiger partial charge in [-0.05, 0) is 120 Å². The van der Waals surface area contributed by atoms with Crippen LogP contribution in [0.5, 0.6) is 0 Å². The SMILES string of the molecule is Ic1ccc(-c2ccc3c(c2-c2ccc(I)cc2)Cc2ccccc2-3)cc1. The average molecular weight is 570 g/mol. The van der Waals surface area contributed by atoms with Crippen molar-refractivity contribution in [3.8, 4) is 33.4 Å². The first-order valence-electron chi connectivity index (χ1n) is 8.97. The fourth-order valence-electron chi connectivity index (χ4n) is 4.03. The van der Waals surface area contributed by atoms with Gasteiger partial charge in [0.25, 0.3) is 0 Å². The quantitative estimate of drug-likeness (QED) is 0.190. The first-order valence-corrected chi connectivity index (χ1v) is 11.1. The smallest absolute Gasteiger partial charge is 0.0130 e. The van der Waals surface area contributed by atoms with Gasteiger partial charge in [-0.3, -0.25) is 0 Å². The van der Waals surface area contributed by atoms with E-state index < -0.39 is 0 Å². The van der Waals surface area contributed by atoms with Crippen LogP contribution in [-0.2, 0) is 6.42 Å². The Labute approximate surface area is 186 Å². The van der Waals surface area contributed by atoms with Gasteiger partial charge in [0.05, 0.1) is 0 Å². The van der Waals surface area contributed by atoms with Crippen molar-refractivity contribution in [2.75, 3.05) is 0 Å². The van der Waals surface area contributed by atoms with Crippen molar-refractivity contribution in [3.05, 3.63) is 103 Å². The molecule has 0 N–H and O–H groups in total. The van der Waals surface area contributed by atoms with Crippen molar-refractivity contribution in [1.29, 1.82) is 0 Å². The second kappa shape index (κ2) is 7.06. The molecule has 0 saturated heterocycles. The summed E-state index contributed by atoms with van der Waals surface area (Å²) in [6.45, 7) is 0. The zero-order valence-electron chi connectivity index (χ0n) is 14.5. The molecule has 1 aliphatic rings. The van der Waals surface area contributed by atoms with Crippen LogP contribution >= 0.6 is 45.2 Å². The van der Waals surface area contributed by atoms with Gasteiger partial charge in [0.15, 0.2) is 0 Å². The van der Waals surface area contributed by atoms with Crippen molar-refractivity contribution in [3.63, 3.8) is 0 Å². The van der Waals surface area contributed by atoms with Crippen LogP contribution in [0.2, 0.25) is 0 Å². The molecule has 0 spiro atoms. The minimum atomic E-state index is 1.00. The molecule has 0 amide bonds. The van der Waals surface area contributed by atoms with E-state index in [1.54, 1.807) is 0 Å². The van der Waals surface area contributed by atoms with Crippen LogP contribution in [0.1, 0.15) is 11.1 Å². The Morgan fingerprint density at radius 2 is 1.11 bits per heavy atom. The molecule has 27 heavy (non-hydrogen) atoms. The summed E-state index contributed by atoms with van der Waals surface area (Å²) in [4.78, 5) is 0. The Balaban J connectivity index is 1.79. The Bertz CT molecular complexity index is 1140. The molecule has 0 unspecified atom stereocenters. The highest BCUT2D eigenvalue weighted by atomic mass is 127. The summed E-state index contributed by atoms with van der Waals surface area (Å²) in [7, 11) is 0. The van der Waals surface area contributed by atoms with Crippen LogP contribution in [0.3, 0.4) is 0 Å². The van der Waals surface area contributed by atoms with Gasteiger partial charge in [-0.2, -0.15) is 0 Å². The Kier molecular flexibility index (Phi) is 4.56. The number of hydrogen-bond donors (Lipinski definition) is 0. The number of benzene rings is 4. The maximum atomic E-state index is 2.38. The van der Waals surface area contributed by atoms with Gasteiger partial charge in [-0.1, -0.05) is 60.7 Å². The molecule has 0 nitrogen and oxygen atoms in total. The molecule has 2 heteroatoms. The molecule has 0 bridgehead atoms. The van der Waals surface area contributed by atoms with Crippen LogP contribution in [-0.4, -0.2) is 0 Å². The highest BCUT2D eigenvalue weighted by molar-refractivity contribution is 14.1. The van der Waals surface area contributed by atoms with Crippen LogP contribution in [0.4, 0.5) is 0 Å². The van der Waals surface area contributed by atoms with Crippen LogP contribution in [0.15, 0.2) is 84.9 Å². The maximum absolute atomic E-state index is 2.38. The van der Waals surface area contributed by atoms with Crippen molar-refractivity contribution < 1.29 is 0 Å². The van der Waals surface area contributed by atoms with E-state index in [0.717, 1.165) is 6.42 Å². The summed E-state index contributed by atoms with van der Waals surface area (Å²) >= 11 is 4.74. The normalized spacial score (nSPS) is 11.9. The molecule has 1 aliphatic carbocycles. The van der Waals surface area contributed by atoms with Crippen LogP contribution in [0.25, 0.3) is 33.4 Å². The molecule has 4 aromatic rings. The summed E-state index contributed by atoms with van der Waals surface area (Å²) in [5, 5.41) is 0. The lowest BCUT2D eigenvalue weighted by atomic mass is 9.88. The van der Waals surface area contributed by atoms with Gasteiger partial charge >= 0.3 is 0 Å². The monoisotopic (exact) mass is 570 g/mol. The van der Waals surface area contributed by atoms with E-state index in [-0.39, 0.29) is 0 Å². The van der Waals surface area contributed by atoms with E-state index in [1.165, 1.54) is 51.6 Å². The van der Waals surface area contributed by atoms with E-state index in [0.29, 0.717) is 0 Å². The van der Waals surface area contributed by atoms with Crippen LogP contribution < -0.4 is 0 Å². The number of hydrogen-bond acceptors (Lipinski definition) is 0. The average Bonchev–Trinajstić information content (AvgIpc) is 3.07. The third-order valence-electron chi connectivity index (χ3n) is 5.28. The Morgan fingerprint density at radius 3 is 1.81 bits per heavy atom. The second-order valence-corrected chi connectivity index (χ2v) is 9.35. The molecule has 5 rings (SSSR count). The molecule has 0 saturated carbocycles. The zero-order chi connectivity index (χ0) is 18.4. The van der Waals surface area contributed by atoms with Gasteiger partial charge in [0, 0.05) is 7.14 Å². The molecule has 0 radical (unpaired) electrons. The molecular formula is C25H16I2. The highest BCUT2D eigenvalue weighted by Gasteiger charge is 2.24. The zero-order valence-corrected chi connectivity index (χ0v) is 18.9. The van der Waals surface area contributed by atoms with E-state index >= 15 is 0 Å². The number of halogens is 2. The predicted octanol–water partition coefficient (Wildman–Crippen LogP) is 7.80. The largest absolute Gasteiger partial charge is 0.0619 e. The summed E-state index contributed by atoms with van der Waals surface area (Å²) in [6, 6.07) is 31.2. The fraction of sp³-hybridized carbons (Fsp3) is 0.0400. The highest BCUT2D eigenvalue weighted by Crippen LogP contribution is 2.45. The number of fused-ring (bicyclic) bond motifs is 3. The number of rotatable bonds is 2. The van der Waals surface area contributed by atoms with Crippen molar-refractivity contribution in [2.24, 2.45) is 0 Å². The van der Waals surface area contributed by atoms with Gasteiger partial charge in [0.2, 0.25) is 0 Å². The molecule has 0 heterocycles. The lowest BCUT2D eigenvalue weighted by Gasteiger charge is -2.16. The van der Waals surface area contributed by atoms with Gasteiger partial charge in [-0.25, -0.2) is 0 Å². The summed E-state index contributed by atoms with van der Waals surface area (Å²) < 4.78 is 2.53. The predicted molar refractivity (Wildman–Crippen MR) is 131 cm³/mol. The molecule has 0 atom stereocenters. The Hall–Kier alpha value is -1.66. The molecular weight excluding hydrogens is 554 g/mol. The summed E-state index contributed by atoms with van der Waals surface area (Å²) in [5.41, 5.74) is 10.9. The fourth-order valence-corrected chi connectivity index (χ4v) is 4.75. The molecule has 130 valence electrons. The minimum Gasteiger partial charge on any atom is -0.0619 e. The first kappa shape index (κ1) is 17.4. The standard InChI is InChI=1S/C25H16I2/c26-19-9-5-16(6-10-19)22-13-14-23-21-4-2-1-3-18(21)15-24(23)25(22)17-7-11-20(27)12-8-17/h1-14H,15H2. The van der Waals surface area contributed by atoms with Crippen molar-refractivity contribution >= 4 is 45.2 Å². The topological polar surface area (TPSA) is 0 Å². The van der Waals surface area contributed by atoms with E-state index in [4.69, 9.17) is 0 Å². The minimum absolute atomic E-state index is 1.00. The van der Waals surface area contributed by atoms with Crippen molar-refractivity contribution in [1.82, 2.24) is 0 Å². The first-order chi connectivity index (χ1) is 13.2. The Morgan fingerprint density at radius 1 is 0.519 bits per heavy atom. The van der Waals surface area contributed by atoms with Gasteiger partial charge < -0.3 is 0 Å². The molecule has 0 fully saturated rings. The second-order valence-electron chi connectivity index (χ2n) is 6.86. The summed E-state index contributed by atoms with van der Waals surface area (Å²) in [5.74, 6) is 0.